The maximum atomic E-state index is 5.43. The maximum Gasteiger partial charge on any atom is 0.166 e. The van der Waals surface area contributed by atoms with Crippen LogP contribution in [0.1, 0.15) is 33.6 Å². The van der Waals surface area contributed by atoms with E-state index in [1.54, 1.807) is 7.11 Å². The first-order valence-corrected chi connectivity index (χ1v) is 4.33. The molecule has 0 spiro atoms. The van der Waals surface area contributed by atoms with Crippen LogP contribution in [0.15, 0.2) is 0 Å². The first-order chi connectivity index (χ1) is 5.68. The highest BCUT2D eigenvalue weighted by Crippen LogP contribution is 2.14. The molecule has 0 bridgehead atoms. The average molecular weight is 170 g/mol. The summed E-state index contributed by atoms with van der Waals surface area (Å²) < 4.78 is 10.6. The summed E-state index contributed by atoms with van der Waals surface area (Å²) in [6.45, 7) is 6.41. The van der Waals surface area contributed by atoms with E-state index in [9.17, 15) is 0 Å². The number of methoxy groups -OCH3 is 1. The molecule has 0 heterocycles. The highest BCUT2D eigenvalue weighted by molar-refractivity contribution is 4.98. The minimum atomic E-state index is -0.470. The molecule has 0 aromatic carbocycles. The third kappa shape index (κ3) is 4.38. The Morgan fingerprint density at radius 3 is 2.33 bits per heavy atom. The highest BCUT2D eigenvalue weighted by atomic mass is 16.7. The first kappa shape index (κ1) is 11.5. The van der Waals surface area contributed by atoms with Gasteiger partial charge in [-0.2, -0.15) is 0 Å². The van der Waals surface area contributed by atoms with E-state index in [2.05, 4.69) is 11.8 Å². The van der Waals surface area contributed by atoms with Gasteiger partial charge in [0.1, 0.15) is 6.61 Å². The van der Waals surface area contributed by atoms with E-state index in [1.807, 2.05) is 20.8 Å². The number of hydrogen-bond donors (Lipinski definition) is 0. The van der Waals surface area contributed by atoms with Crippen molar-refractivity contribution in [2.45, 2.75) is 39.4 Å². The van der Waals surface area contributed by atoms with Crippen molar-refractivity contribution in [3.05, 3.63) is 0 Å². The average Bonchev–Trinajstić information content (AvgIpc) is 2.12. The fourth-order valence-electron chi connectivity index (χ4n) is 0.670. The van der Waals surface area contributed by atoms with Crippen LogP contribution in [-0.4, -0.2) is 19.5 Å². The van der Waals surface area contributed by atoms with Crippen LogP contribution in [0.4, 0.5) is 0 Å². The summed E-state index contributed by atoms with van der Waals surface area (Å²) in [6.07, 6.45) is 1.70. The second kappa shape index (κ2) is 6.05. The van der Waals surface area contributed by atoms with E-state index in [1.165, 1.54) is 0 Å². The lowest BCUT2D eigenvalue weighted by Crippen LogP contribution is -2.30. The van der Waals surface area contributed by atoms with Gasteiger partial charge in [0.15, 0.2) is 5.79 Å². The summed E-state index contributed by atoms with van der Waals surface area (Å²) in [4.78, 5) is 0. The summed E-state index contributed by atoms with van der Waals surface area (Å²) in [7, 11) is 1.65. The molecular weight excluding hydrogens is 152 g/mol. The Balaban J connectivity index is 3.73. The third-order valence-electron chi connectivity index (χ3n) is 1.83. The SMILES string of the molecule is CCC#CCOC(C)(CC)OC. The van der Waals surface area contributed by atoms with Gasteiger partial charge in [-0.05, 0) is 13.3 Å². The summed E-state index contributed by atoms with van der Waals surface area (Å²) in [5.74, 6) is 5.38. The molecule has 0 rings (SSSR count). The Morgan fingerprint density at radius 2 is 1.92 bits per heavy atom. The minimum absolute atomic E-state index is 0.450. The van der Waals surface area contributed by atoms with Crippen molar-refractivity contribution in [2.24, 2.45) is 0 Å². The van der Waals surface area contributed by atoms with Gasteiger partial charge in [-0.1, -0.05) is 19.8 Å². The molecule has 0 aliphatic carbocycles. The Kier molecular flexibility index (Phi) is 5.79. The number of ether oxygens (including phenoxy) is 2. The maximum absolute atomic E-state index is 5.43. The molecule has 12 heavy (non-hydrogen) atoms. The zero-order valence-electron chi connectivity index (χ0n) is 8.44. The monoisotopic (exact) mass is 170 g/mol. The molecule has 0 saturated carbocycles. The molecule has 0 N–H and O–H groups in total. The fourth-order valence-corrected chi connectivity index (χ4v) is 0.670. The Labute approximate surface area is 75.3 Å². The van der Waals surface area contributed by atoms with Crippen LogP contribution >= 0.6 is 0 Å². The molecule has 0 aliphatic heterocycles. The van der Waals surface area contributed by atoms with Gasteiger partial charge in [-0.15, -0.1) is 5.92 Å². The summed E-state index contributed by atoms with van der Waals surface area (Å²) >= 11 is 0. The van der Waals surface area contributed by atoms with Crippen molar-refractivity contribution in [1.29, 1.82) is 0 Å². The van der Waals surface area contributed by atoms with E-state index in [4.69, 9.17) is 9.47 Å². The minimum Gasteiger partial charge on any atom is -0.353 e. The lowest BCUT2D eigenvalue weighted by Gasteiger charge is -2.25. The van der Waals surface area contributed by atoms with Crippen LogP contribution in [0.3, 0.4) is 0 Å². The van der Waals surface area contributed by atoms with Crippen LogP contribution in [0.2, 0.25) is 0 Å². The van der Waals surface area contributed by atoms with Gasteiger partial charge < -0.3 is 9.47 Å². The van der Waals surface area contributed by atoms with Crippen molar-refractivity contribution in [1.82, 2.24) is 0 Å². The van der Waals surface area contributed by atoms with Gasteiger partial charge >= 0.3 is 0 Å². The Hall–Kier alpha value is -0.520. The quantitative estimate of drug-likeness (QED) is 0.475. The van der Waals surface area contributed by atoms with Crippen LogP contribution < -0.4 is 0 Å². The van der Waals surface area contributed by atoms with Crippen molar-refractivity contribution < 1.29 is 9.47 Å². The van der Waals surface area contributed by atoms with Crippen LogP contribution in [0.25, 0.3) is 0 Å². The van der Waals surface area contributed by atoms with Gasteiger partial charge in [-0.25, -0.2) is 0 Å². The van der Waals surface area contributed by atoms with Crippen LogP contribution in [-0.2, 0) is 9.47 Å². The Morgan fingerprint density at radius 1 is 1.25 bits per heavy atom. The molecule has 70 valence electrons. The molecule has 0 amide bonds. The standard InChI is InChI=1S/C10H18O2/c1-5-7-8-9-12-10(3,6-2)11-4/h5-6,9H2,1-4H3. The largest absolute Gasteiger partial charge is 0.353 e. The van der Waals surface area contributed by atoms with E-state index in [0.717, 1.165) is 12.8 Å². The van der Waals surface area contributed by atoms with Gasteiger partial charge in [0.2, 0.25) is 0 Å². The summed E-state index contributed by atoms with van der Waals surface area (Å²) in [5, 5.41) is 0. The van der Waals surface area contributed by atoms with E-state index >= 15 is 0 Å². The molecule has 0 aromatic heterocycles. The third-order valence-corrected chi connectivity index (χ3v) is 1.83. The zero-order valence-corrected chi connectivity index (χ0v) is 8.44. The smallest absolute Gasteiger partial charge is 0.166 e. The van der Waals surface area contributed by atoms with E-state index in [0.29, 0.717) is 6.61 Å². The van der Waals surface area contributed by atoms with E-state index in [-0.39, 0.29) is 0 Å². The summed E-state index contributed by atoms with van der Waals surface area (Å²) in [6, 6.07) is 0. The predicted molar refractivity (Wildman–Crippen MR) is 49.7 cm³/mol. The number of hydrogen-bond acceptors (Lipinski definition) is 2. The molecule has 0 radical (unpaired) electrons. The normalized spacial score (nSPS) is 14.7. The molecule has 0 fully saturated rings. The second-order valence-corrected chi connectivity index (χ2v) is 2.69. The highest BCUT2D eigenvalue weighted by Gasteiger charge is 2.20. The lowest BCUT2D eigenvalue weighted by atomic mass is 10.2. The predicted octanol–water partition coefficient (Wildman–Crippen LogP) is 2.19. The molecule has 2 nitrogen and oxygen atoms in total. The van der Waals surface area contributed by atoms with Gasteiger partial charge in [0.25, 0.3) is 0 Å². The van der Waals surface area contributed by atoms with Gasteiger partial charge in [-0.3, -0.25) is 0 Å². The molecule has 0 saturated heterocycles. The van der Waals surface area contributed by atoms with Crippen LogP contribution in [0, 0.1) is 11.8 Å². The molecule has 2 heteroatoms. The topological polar surface area (TPSA) is 18.5 Å². The fraction of sp³-hybridized carbons (Fsp3) is 0.800. The molecule has 1 unspecified atom stereocenters. The lowest BCUT2D eigenvalue weighted by molar-refractivity contribution is -0.203. The van der Waals surface area contributed by atoms with Crippen molar-refractivity contribution >= 4 is 0 Å². The molecule has 0 aliphatic rings. The molecule has 1 atom stereocenters. The van der Waals surface area contributed by atoms with E-state index < -0.39 is 5.79 Å². The molecular formula is C10H18O2. The first-order valence-electron chi connectivity index (χ1n) is 4.33. The zero-order chi connectivity index (χ0) is 9.45. The van der Waals surface area contributed by atoms with Gasteiger partial charge in [0.05, 0.1) is 0 Å². The van der Waals surface area contributed by atoms with Crippen LogP contribution in [0.5, 0.6) is 0 Å². The van der Waals surface area contributed by atoms with Crippen molar-refractivity contribution in [3.63, 3.8) is 0 Å². The molecule has 0 aromatic rings. The van der Waals surface area contributed by atoms with Crippen molar-refractivity contribution in [2.75, 3.05) is 13.7 Å². The summed E-state index contributed by atoms with van der Waals surface area (Å²) in [5.41, 5.74) is 0. The Bertz CT molecular complexity index is 160. The van der Waals surface area contributed by atoms with Crippen molar-refractivity contribution in [3.8, 4) is 11.8 Å². The number of rotatable bonds is 4. The second-order valence-electron chi connectivity index (χ2n) is 2.69. The van der Waals surface area contributed by atoms with Gasteiger partial charge in [0, 0.05) is 13.5 Å².